The van der Waals surface area contributed by atoms with Gasteiger partial charge in [-0.1, -0.05) is 34.1 Å². The van der Waals surface area contributed by atoms with Gasteiger partial charge >= 0.3 is 12.0 Å². The number of hydrogen-bond donors (Lipinski definition) is 1. The number of nitrogens with zero attached hydrogens (tertiary/aromatic N) is 2. The summed E-state index contributed by atoms with van der Waals surface area (Å²) >= 11 is 3.31. The SMILES string of the molecule is CCOC(=O)Cn1cc(/C=C2\C(=O)NC(=O)N(c3ccc(Br)cc3)C2=O)c2ccccc21. The van der Waals surface area contributed by atoms with Gasteiger partial charge in [0.05, 0.1) is 12.3 Å². The fraction of sp³-hybridized carbons (Fsp3) is 0.130. The molecule has 0 bridgehead atoms. The summed E-state index contributed by atoms with van der Waals surface area (Å²) in [4.78, 5) is 50.9. The van der Waals surface area contributed by atoms with Crippen LogP contribution < -0.4 is 10.2 Å². The quantitative estimate of drug-likeness (QED) is 0.331. The van der Waals surface area contributed by atoms with Crippen LogP contribution in [0.4, 0.5) is 10.5 Å². The molecule has 2 heterocycles. The highest BCUT2D eigenvalue weighted by Gasteiger charge is 2.37. The summed E-state index contributed by atoms with van der Waals surface area (Å²) in [6.07, 6.45) is 3.11. The number of para-hydroxylation sites is 1. The molecule has 1 fully saturated rings. The smallest absolute Gasteiger partial charge is 0.335 e. The third-order valence-corrected chi connectivity index (χ3v) is 5.44. The second kappa shape index (κ2) is 8.80. The lowest BCUT2D eigenvalue weighted by molar-refractivity contribution is -0.143. The van der Waals surface area contributed by atoms with E-state index in [0.717, 1.165) is 20.3 Å². The van der Waals surface area contributed by atoms with Crippen LogP contribution in [0.2, 0.25) is 0 Å². The van der Waals surface area contributed by atoms with Crippen molar-refractivity contribution >= 4 is 62.4 Å². The number of amides is 4. The number of rotatable bonds is 5. The zero-order chi connectivity index (χ0) is 22.8. The Morgan fingerprint density at radius 3 is 2.53 bits per heavy atom. The molecule has 4 rings (SSSR count). The second-order valence-corrected chi connectivity index (χ2v) is 7.88. The molecular weight excluding hydrogens is 478 g/mol. The molecule has 3 aromatic rings. The first kappa shape index (κ1) is 21.5. The molecule has 9 heteroatoms. The van der Waals surface area contributed by atoms with E-state index in [2.05, 4.69) is 21.2 Å². The monoisotopic (exact) mass is 495 g/mol. The molecule has 4 amide bonds. The van der Waals surface area contributed by atoms with Crippen LogP contribution in [0.15, 0.2) is 64.8 Å². The van der Waals surface area contributed by atoms with Gasteiger partial charge < -0.3 is 9.30 Å². The number of anilines is 1. The topological polar surface area (TPSA) is 97.7 Å². The Kier molecular flexibility index (Phi) is 5.91. The number of nitrogens with one attached hydrogen (secondary N) is 1. The lowest BCUT2D eigenvalue weighted by Gasteiger charge is -2.26. The first-order valence-electron chi connectivity index (χ1n) is 9.79. The molecule has 1 N–H and O–H groups in total. The number of ether oxygens (including phenoxy) is 1. The van der Waals surface area contributed by atoms with Crippen LogP contribution in [0.1, 0.15) is 12.5 Å². The van der Waals surface area contributed by atoms with Gasteiger partial charge in [-0.15, -0.1) is 0 Å². The summed E-state index contributed by atoms with van der Waals surface area (Å²) in [5.41, 5.74) is 1.45. The number of carbonyl (C=O) groups is 4. The van der Waals surface area contributed by atoms with E-state index in [0.29, 0.717) is 11.3 Å². The van der Waals surface area contributed by atoms with Crippen molar-refractivity contribution in [1.29, 1.82) is 0 Å². The zero-order valence-corrected chi connectivity index (χ0v) is 18.6. The standard InChI is InChI=1S/C23H18BrN3O5/c1-2-32-20(28)13-26-12-14(17-5-3-4-6-19(17)26)11-18-21(29)25-23(31)27(22(18)30)16-9-7-15(24)8-10-16/h3-12H,2,13H2,1H3,(H,25,29,31)/b18-11+. The van der Waals surface area contributed by atoms with Gasteiger partial charge in [0.25, 0.3) is 11.8 Å². The molecule has 1 saturated heterocycles. The molecule has 8 nitrogen and oxygen atoms in total. The van der Waals surface area contributed by atoms with E-state index in [9.17, 15) is 19.2 Å². The van der Waals surface area contributed by atoms with Crippen molar-refractivity contribution in [2.75, 3.05) is 11.5 Å². The number of urea groups is 1. The number of halogens is 1. The summed E-state index contributed by atoms with van der Waals surface area (Å²) in [5, 5.41) is 2.96. The van der Waals surface area contributed by atoms with E-state index in [1.807, 2.05) is 24.3 Å². The van der Waals surface area contributed by atoms with Gasteiger partial charge in [0, 0.05) is 27.1 Å². The van der Waals surface area contributed by atoms with Crippen LogP contribution in [0.25, 0.3) is 17.0 Å². The maximum Gasteiger partial charge on any atom is 0.335 e. The van der Waals surface area contributed by atoms with Crippen LogP contribution in [0, 0.1) is 0 Å². The van der Waals surface area contributed by atoms with E-state index < -0.39 is 23.8 Å². The van der Waals surface area contributed by atoms with Crippen molar-refractivity contribution in [2.45, 2.75) is 13.5 Å². The molecule has 1 aliphatic rings. The number of carbonyl (C=O) groups excluding carboxylic acids is 4. The third kappa shape index (κ3) is 4.06. The summed E-state index contributed by atoms with van der Waals surface area (Å²) in [6.45, 7) is 1.98. The highest BCUT2D eigenvalue weighted by atomic mass is 79.9. The van der Waals surface area contributed by atoms with Crippen molar-refractivity contribution in [2.24, 2.45) is 0 Å². The number of barbiturate groups is 1. The fourth-order valence-electron chi connectivity index (χ4n) is 3.50. The number of aromatic nitrogens is 1. The maximum atomic E-state index is 13.1. The minimum atomic E-state index is -0.816. The average molecular weight is 496 g/mol. The molecule has 2 aromatic carbocycles. The molecule has 0 radical (unpaired) electrons. The molecular formula is C23H18BrN3O5. The van der Waals surface area contributed by atoms with Crippen molar-refractivity contribution in [1.82, 2.24) is 9.88 Å². The Labute approximate surface area is 191 Å². The number of imide groups is 2. The van der Waals surface area contributed by atoms with Crippen LogP contribution in [-0.4, -0.2) is 35.0 Å². The average Bonchev–Trinajstić information content (AvgIpc) is 3.10. The van der Waals surface area contributed by atoms with E-state index in [1.165, 1.54) is 6.08 Å². The molecule has 0 saturated carbocycles. The Bertz CT molecular complexity index is 1280. The Morgan fingerprint density at radius 1 is 1.09 bits per heavy atom. The minimum absolute atomic E-state index is 0.0127. The van der Waals surface area contributed by atoms with Crippen molar-refractivity contribution in [3.63, 3.8) is 0 Å². The van der Waals surface area contributed by atoms with Gasteiger partial charge in [-0.2, -0.15) is 0 Å². The predicted molar refractivity (Wildman–Crippen MR) is 122 cm³/mol. The third-order valence-electron chi connectivity index (χ3n) is 4.91. The van der Waals surface area contributed by atoms with Crippen LogP contribution in [0.5, 0.6) is 0 Å². The van der Waals surface area contributed by atoms with E-state index >= 15 is 0 Å². The number of fused-ring (bicyclic) bond motifs is 1. The van der Waals surface area contributed by atoms with E-state index in [-0.39, 0.29) is 18.7 Å². The normalized spacial score (nSPS) is 15.4. The van der Waals surface area contributed by atoms with E-state index in [4.69, 9.17) is 4.74 Å². The number of hydrogen-bond acceptors (Lipinski definition) is 5. The lowest BCUT2D eigenvalue weighted by atomic mass is 10.1. The maximum absolute atomic E-state index is 13.1. The first-order chi connectivity index (χ1) is 15.4. The highest BCUT2D eigenvalue weighted by Crippen LogP contribution is 2.27. The first-order valence-corrected chi connectivity index (χ1v) is 10.6. The Morgan fingerprint density at radius 2 is 1.81 bits per heavy atom. The molecule has 162 valence electrons. The zero-order valence-electron chi connectivity index (χ0n) is 17.0. The van der Waals surface area contributed by atoms with Gasteiger partial charge in [0.2, 0.25) is 0 Å². The van der Waals surface area contributed by atoms with Crippen molar-refractivity contribution in [3.8, 4) is 0 Å². The summed E-state index contributed by atoms with van der Waals surface area (Å²) in [7, 11) is 0. The van der Waals surface area contributed by atoms with Gasteiger partial charge in [-0.25, -0.2) is 9.69 Å². The highest BCUT2D eigenvalue weighted by molar-refractivity contribution is 9.10. The van der Waals surface area contributed by atoms with Gasteiger partial charge in [0.1, 0.15) is 12.1 Å². The lowest BCUT2D eigenvalue weighted by Crippen LogP contribution is -2.54. The van der Waals surface area contributed by atoms with Crippen LogP contribution in [0.3, 0.4) is 0 Å². The number of esters is 1. The molecule has 0 unspecified atom stereocenters. The predicted octanol–water partition coefficient (Wildman–Crippen LogP) is 3.63. The van der Waals surface area contributed by atoms with Crippen molar-refractivity contribution in [3.05, 3.63) is 70.3 Å². The minimum Gasteiger partial charge on any atom is -0.465 e. The molecule has 0 atom stereocenters. The van der Waals surface area contributed by atoms with Crippen molar-refractivity contribution < 1.29 is 23.9 Å². The van der Waals surface area contributed by atoms with Crippen LogP contribution >= 0.6 is 15.9 Å². The van der Waals surface area contributed by atoms with Gasteiger partial charge in [-0.3, -0.25) is 19.7 Å². The van der Waals surface area contributed by atoms with Gasteiger partial charge in [-0.05, 0) is 43.3 Å². The molecule has 0 spiro atoms. The Balaban J connectivity index is 1.76. The molecule has 32 heavy (non-hydrogen) atoms. The number of benzene rings is 2. The van der Waals surface area contributed by atoms with E-state index in [1.54, 1.807) is 42.0 Å². The fourth-order valence-corrected chi connectivity index (χ4v) is 3.77. The summed E-state index contributed by atoms with van der Waals surface area (Å²) < 4.78 is 7.51. The molecule has 1 aromatic heterocycles. The summed E-state index contributed by atoms with van der Waals surface area (Å²) in [5.74, 6) is -1.91. The molecule has 1 aliphatic heterocycles. The summed E-state index contributed by atoms with van der Waals surface area (Å²) in [6, 6.07) is 13.1. The molecule has 0 aliphatic carbocycles. The van der Waals surface area contributed by atoms with Crippen LogP contribution in [-0.2, 0) is 25.7 Å². The second-order valence-electron chi connectivity index (χ2n) is 6.97. The Hall–Kier alpha value is -3.72. The largest absolute Gasteiger partial charge is 0.465 e. The van der Waals surface area contributed by atoms with Gasteiger partial charge in [0.15, 0.2) is 0 Å².